The zero-order valence-corrected chi connectivity index (χ0v) is 11.4. The van der Waals surface area contributed by atoms with E-state index in [1.807, 2.05) is 30.3 Å². The fourth-order valence-electron chi connectivity index (χ4n) is 1.65. The largest absolute Gasteiger partial charge is 0.464 e. The van der Waals surface area contributed by atoms with Crippen LogP contribution in [0, 0.1) is 0 Å². The third-order valence-corrected chi connectivity index (χ3v) is 2.64. The van der Waals surface area contributed by atoms with Gasteiger partial charge in [0, 0.05) is 12.4 Å². The Bertz CT molecular complexity index is 588. The molecule has 6 heteroatoms. The molecular weight excluding hydrogens is 270 g/mol. The maximum Gasteiger partial charge on any atom is 0.310 e. The van der Waals surface area contributed by atoms with Crippen LogP contribution in [0.2, 0.25) is 0 Å². The number of hydrogen-bond donors (Lipinski definition) is 1. The van der Waals surface area contributed by atoms with Crippen molar-refractivity contribution < 1.29 is 14.3 Å². The molecule has 0 fully saturated rings. The molecule has 1 heterocycles. The molecule has 0 atom stereocenters. The highest BCUT2D eigenvalue weighted by atomic mass is 16.5. The minimum atomic E-state index is -0.345. The number of carbonyl (C=O) groups excluding carboxylic acids is 2. The topological polar surface area (TPSA) is 81.2 Å². The lowest BCUT2D eigenvalue weighted by Gasteiger charge is -2.06. The maximum absolute atomic E-state index is 11.6. The number of nitrogens with one attached hydrogen (secondary N) is 1. The normalized spacial score (nSPS) is 9.90. The van der Waals surface area contributed by atoms with E-state index in [4.69, 9.17) is 4.74 Å². The predicted molar refractivity (Wildman–Crippen MR) is 75.5 cm³/mol. The quantitative estimate of drug-likeness (QED) is 0.632. The molecule has 0 aliphatic rings. The van der Waals surface area contributed by atoms with Gasteiger partial charge in [0.15, 0.2) is 0 Å². The first-order chi connectivity index (χ1) is 10.3. The van der Waals surface area contributed by atoms with Gasteiger partial charge in [-0.3, -0.25) is 14.6 Å². The Morgan fingerprint density at radius 3 is 2.67 bits per heavy atom. The van der Waals surface area contributed by atoms with Crippen molar-refractivity contribution in [2.45, 2.75) is 6.42 Å². The Labute approximate surface area is 122 Å². The van der Waals surface area contributed by atoms with Gasteiger partial charge in [0.2, 0.25) is 0 Å². The Kier molecular flexibility index (Phi) is 5.40. The summed E-state index contributed by atoms with van der Waals surface area (Å²) in [4.78, 5) is 30.9. The van der Waals surface area contributed by atoms with Crippen LogP contribution < -0.4 is 5.32 Å². The molecule has 0 radical (unpaired) electrons. The van der Waals surface area contributed by atoms with Crippen molar-refractivity contribution in [2.75, 3.05) is 13.2 Å². The summed E-state index contributed by atoms with van der Waals surface area (Å²) < 4.78 is 5.04. The Morgan fingerprint density at radius 1 is 1.14 bits per heavy atom. The fourth-order valence-corrected chi connectivity index (χ4v) is 1.65. The molecule has 0 spiro atoms. The van der Waals surface area contributed by atoms with Crippen LogP contribution in [0.25, 0.3) is 0 Å². The van der Waals surface area contributed by atoms with E-state index < -0.39 is 0 Å². The van der Waals surface area contributed by atoms with Gasteiger partial charge in [-0.2, -0.15) is 0 Å². The highest BCUT2D eigenvalue weighted by Crippen LogP contribution is 2.00. The van der Waals surface area contributed by atoms with Gasteiger partial charge in [0.1, 0.15) is 12.3 Å². The van der Waals surface area contributed by atoms with Gasteiger partial charge < -0.3 is 10.1 Å². The number of esters is 1. The summed E-state index contributed by atoms with van der Waals surface area (Å²) in [7, 11) is 0. The molecule has 2 aromatic rings. The number of aromatic nitrogens is 2. The third-order valence-electron chi connectivity index (χ3n) is 2.64. The molecule has 0 unspecified atom stereocenters. The van der Waals surface area contributed by atoms with Crippen molar-refractivity contribution in [2.24, 2.45) is 0 Å². The minimum Gasteiger partial charge on any atom is -0.464 e. The second-order valence-electron chi connectivity index (χ2n) is 4.23. The molecule has 21 heavy (non-hydrogen) atoms. The molecule has 0 aliphatic carbocycles. The van der Waals surface area contributed by atoms with Gasteiger partial charge in [-0.05, 0) is 5.56 Å². The van der Waals surface area contributed by atoms with E-state index in [0.717, 1.165) is 5.56 Å². The summed E-state index contributed by atoms with van der Waals surface area (Å²) in [5.74, 6) is -0.669. The second kappa shape index (κ2) is 7.74. The fraction of sp³-hybridized carbons (Fsp3) is 0.200. The number of carbonyl (C=O) groups is 2. The Hall–Kier alpha value is -2.76. The highest BCUT2D eigenvalue weighted by molar-refractivity contribution is 5.91. The van der Waals surface area contributed by atoms with Crippen LogP contribution in [0.5, 0.6) is 0 Å². The number of nitrogens with zero attached hydrogens (tertiary/aromatic N) is 2. The second-order valence-corrected chi connectivity index (χ2v) is 4.23. The number of amides is 1. The summed E-state index contributed by atoms with van der Waals surface area (Å²) in [5, 5.41) is 2.60. The van der Waals surface area contributed by atoms with Crippen LogP contribution >= 0.6 is 0 Å². The molecule has 2 rings (SSSR count). The molecule has 1 N–H and O–H groups in total. The number of benzene rings is 1. The molecule has 0 bridgehead atoms. The summed E-state index contributed by atoms with van der Waals surface area (Å²) in [6.45, 7) is 0.355. The van der Waals surface area contributed by atoms with E-state index in [1.54, 1.807) is 0 Å². The number of ether oxygens (including phenoxy) is 1. The van der Waals surface area contributed by atoms with Crippen LogP contribution in [0.15, 0.2) is 48.9 Å². The van der Waals surface area contributed by atoms with Gasteiger partial charge in [0.05, 0.1) is 19.2 Å². The van der Waals surface area contributed by atoms with Crippen LogP contribution in [0.4, 0.5) is 0 Å². The monoisotopic (exact) mass is 285 g/mol. The Balaban J connectivity index is 1.66. The van der Waals surface area contributed by atoms with E-state index in [1.165, 1.54) is 18.6 Å². The van der Waals surface area contributed by atoms with Gasteiger partial charge in [-0.15, -0.1) is 0 Å². The third kappa shape index (κ3) is 5.02. The van der Waals surface area contributed by atoms with Gasteiger partial charge >= 0.3 is 5.97 Å². The van der Waals surface area contributed by atoms with Crippen molar-refractivity contribution in [1.82, 2.24) is 15.3 Å². The first kappa shape index (κ1) is 14.6. The number of hydrogen-bond acceptors (Lipinski definition) is 5. The van der Waals surface area contributed by atoms with E-state index in [9.17, 15) is 9.59 Å². The summed E-state index contributed by atoms with van der Waals surface area (Å²) in [6.07, 6.45) is 4.52. The first-order valence-corrected chi connectivity index (χ1v) is 6.49. The van der Waals surface area contributed by atoms with Crippen LogP contribution in [-0.4, -0.2) is 35.0 Å². The predicted octanol–water partition coefficient (Wildman–Crippen LogP) is 0.992. The van der Waals surface area contributed by atoms with Crippen LogP contribution in [0.3, 0.4) is 0 Å². The molecule has 1 aromatic carbocycles. The van der Waals surface area contributed by atoms with Crippen LogP contribution in [-0.2, 0) is 16.0 Å². The molecular formula is C15H15N3O3. The van der Waals surface area contributed by atoms with Crippen molar-refractivity contribution in [3.63, 3.8) is 0 Å². The molecule has 1 amide bonds. The smallest absolute Gasteiger partial charge is 0.310 e. The molecule has 6 nitrogen and oxygen atoms in total. The lowest BCUT2D eigenvalue weighted by Crippen LogP contribution is -2.29. The van der Waals surface area contributed by atoms with Crippen molar-refractivity contribution in [3.05, 3.63) is 60.2 Å². The molecule has 1 aromatic heterocycles. The van der Waals surface area contributed by atoms with Crippen molar-refractivity contribution in [3.8, 4) is 0 Å². The zero-order chi connectivity index (χ0) is 14.9. The maximum atomic E-state index is 11.6. The molecule has 0 saturated heterocycles. The van der Waals surface area contributed by atoms with Crippen LogP contribution in [0.1, 0.15) is 16.1 Å². The molecule has 0 saturated carbocycles. The van der Waals surface area contributed by atoms with E-state index in [0.29, 0.717) is 0 Å². The van der Waals surface area contributed by atoms with Crippen molar-refractivity contribution in [1.29, 1.82) is 0 Å². The summed E-state index contributed by atoms with van der Waals surface area (Å²) >= 11 is 0. The average molecular weight is 285 g/mol. The minimum absolute atomic E-state index is 0.123. The van der Waals surface area contributed by atoms with Gasteiger partial charge in [-0.1, -0.05) is 30.3 Å². The standard InChI is InChI=1S/C15H15N3O3/c19-14(10-12-4-2-1-3-5-12)21-9-8-18-15(20)13-11-16-6-7-17-13/h1-7,11H,8-10H2,(H,18,20). The lowest BCUT2D eigenvalue weighted by molar-refractivity contribution is -0.142. The van der Waals surface area contributed by atoms with Gasteiger partial charge in [0.25, 0.3) is 5.91 Å². The van der Waals surface area contributed by atoms with Gasteiger partial charge in [-0.25, -0.2) is 4.98 Å². The van der Waals surface area contributed by atoms with Crippen molar-refractivity contribution >= 4 is 11.9 Å². The summed E-state index contributed by atoms with van der Waals surface area (Å²) in [5.41, 5.74) is 1.12. The lowest BCUT2D eigenvalue weighted by atomic mass is 10.2. The highest BCUT2D eigenvalue weighted by Gasteiger charge is 2.07. The summed E-state index contributed by atoms with van der Waals surface area (Å²) in [6, 6.07) is 9.33. The van der Waals surface area contributed by atoms with E-state index in [2.05, 4.69) is 15.3 Å². The molecule has 0 aliphatic heterocycles. The Morgan fingerprint density at radius 2 is 1.95 bits per heavy atom. The van der Waals surface area contributed by atoms with E-state index >= 15 is 0 Å². The molecule has 108 valence electrons. The number of rotatable bonds is 6. The SMILES string of the molecule is O=C(Cc1ccccc1)OCCNC(=O)c1cnccn1. The average Bonchev–Trinajstić information content (AvgIpc) is 2.53. The zero-order valence-electron chi connectivity index (χ0n) is 11.4. The first-order valence-electron chi connectivity index (χ1n) is 6.49. The van der Waals surface area contributed by atoms with E-state index in [-0.39, 0.29) is 37.1 Å².